The summed E-state index contributed by atoms with van der Waals surface area (Å²) in [5.74, 6) is 0.533. The first-order chi connectivity index (χ1) is 8.15. The summed E-state index contributed by atoms with van der Waals surface area (Å²) in [6, 6.07) is 1.94. The first-order valence-electron chi connectivity index (χ1n) is 5.61. The SMILES string of the molecule is CC1CCN(C(=O)c2ccncc2Cl)C1CBr. The van der Waals surface area contributed by atoms with Crippen LogP contribution in [0.4, 0.5) is 0 Å². The summed E-state index contributed by atoms with van der Waals surface area (Å²) >= 11 is 9.48. The van der Waals surface area contributed by atoms with E-state index in [9.17, 15) is 4.79 Å². The quantitative estimate of drug-likeness (QED) is 0.786. The fraction of sp³-hybridized carbons (Fsp3) is 0.500. The number of likely N-dealkylation sites (tertiary alicyclic amines) is 1. The number of hydrogen-bond acceptors (Lipinski definition) is 2. The molecular weight excluding hydrogens is 304 g/mol. The van der Waals surface area contributed by atoms with Crippen LogP contribution in [0.1, 0.15) is 23.7 Å². The molecule has 0 bridgehead atoms. The third kappa shape index (κ3) is 2.47. The van der Waals surface area contributed by atoms with Gasteiger partial charge in [-0.15, -0.1) is 0 Å². The summed E-state index contributed by atoms with van der Waals surface area (Å²) in [7, 11) is 0. The molecule has 0 aromatic carbocycles. The molecule has 2 heterocycles. The Morgan fingerprint density at radius 3 is 3.12 bits per heavy atom. The first-order valence-corrected chi connectivity index (χ1v) is 7.11. The molecule has 0 radical (unpaired) electrons. The van der Waals surface area contributed by atoms with Crippen molar-refractivity contribution in [3.63, 3.8) is 0 Å². The monoisotopic (exact) mass is 316 g/mol. The van der Waals surface area contributed by atoms with Crippen molar-refractivity contribution in [2.75, 3.05) is 11.9 Å². The second-order valence-corrected chi connectivity index (χ2v) is 5.40. The Hall–Kier alpha value is -0.610. The maximum Gasteiger partial charge on any atom is 0.255 e. The molecular formula is C12H14BrClN2O. The third-order valence-corrected chi connectivity index (χ3v) is 4.27. The second-order valence-electron chi connectivity index (χ2n) is 4.34. The Labute approximate surface area is 114 Å². The maximum atomic E-state index is 12.4. The Kier molecular flexibility index (Phi) is 4.05. The van der Waals surface area contributed by atoms with E-state index >= 15 is 0 Å². The third-order valence-electron chi connectivity index (χ3n) is 3.30. The molecule has 1 fully saturated rings. The zero-order valence-corrected chi connectivity index (χ0v) is 11.9. The van der Waals surface area contributed by atoms with Crippen LogP contribution in [0.15, 0.2) is 18.5 Å². The predicted octanol–water partition coefficient (Wildman–Crippen LogP) is 2.98. The Balaban J connectivity index is 2.24. The average molecular weight is 318 g/mol. The van der Waals surface area contributed by atoms with Crippen LogP contribution in [0.3, 0.4) is 0 Å². The van der Waals surface area contributed by atoms with Crippen LogP contribution in [0.25, 0.3) is 0 Å². The van der Waals surface area contributed by atoms with Crippen LogP contribution >= 0.6 is 27.5 Å². The van der Waals surface area contributed by atoms with Crippen LogP contribution in [0.5, 0.6) is 0 Å². The van der Waals surface area contributed by atoms with E-state index in [0.717, 1.165) is 18.3 Å². The number of hydrogen-bond donors (Lipinski definition) is 0. The molecule has 2 unspecified atom stereocenters. The van der Waals surface area contributed by atoms with E-state index in [2.05, 4.69) is 27.8 Å². The van der Waals surface area contributed by atoms with Crippen molar-refractivity contribution in [3.8, 4) is 0 Å². The van der Waals surface area contributed by atoms with Gasteiger partial charge in [-0.3, -0.25) is 9.78 Å². The summed E-state index contributed by atoms with van der Waals surface area (Å²) in [6.45, 7) is 2.97. The molecule has 1 aromatic heterocycles. The topological polar surface area (TPSA) is 33.2 Å². The van der Waals surface area contributed by atoms with Crippen molar-refractivity contribution >= 4 is 33.4 Å². The standard InChI is InChI=1S/C12H14BrClN2O/c1-8-3-5-16(11(8)6-13)12(17)9-2-4-15-7-10(9)14/h2,4,7-8,11H,3,5-6H2,1H3. The number of amides is 1. The molecule has 2 rings (SSSR count). The number of carbonyl (C=O) groups excluding carboxylic acids is 1. The van der Waals surface area contributed by atoms with Gasteiger partial charge in [0.2, 0.25) is 0 Å². The smallest absolute Gasteiger partial charge is 0.255 e. The van der Waals surface area contributed by atoms with Crippen LogP contribution in [0, 0.1) is 5.92 Å². The number of pyridine rings is 1. The fourth-order valence-electron chi connectivity index (χ4n) is 2.20. The van der Waals surface area contributed by atoms with E-state index in [1.54, 1.807) is 12.3 Å². The molecule has 92 valence electrons. The minimum Gasteiger partial charge on any atom is -0.334 e. The molecule has 2 atom stereocenters. The number of halogens is 2. The van der Waals surface area contributed by atoms with Gasteiger partial charge >= 0.3 is 0 Å². The maximum absolute atomic E-state index is 12.4. The summed E-state index contributed by atoms with van der Waals surface area (Å²) in [6.07, 6.45) is 4.16. The van der Waals surface area contributed by atoms with Gasteiger partial charge in [0.25, 0.3) is 5.91 Å². The van der Waals surface area contributed by atoms with Crippen LogP contribution in [0.2, 0.25) is 5.02 Å². The minimum absolute atomic E-state index is 0.00574. The average Bonchev–Trinajstić information content (AvgIpc) is 2.70. The lowest BCUT2D eigenvalue weighted by Gasteiger charge is -2.25. The summed E-state index contributed by atoms with van der Waals surface area (Å²) in [5.41, 5.74) is 0.543. The Morgan fingerprint density at radius 1 is 1.71 bits per heavy atom. The molecule has 1 aliphatic rings. The van der Waals surface area contributed by atoms with E-state index in [-0.39, 0.29) is 11.9 Å². The zero-order valence-electron chi connectivity index (χ0n) is 9.57. The molecule has 3 nitrogen and oxygen atoms in total. The number of alkyl halides is 1. The molecule has 1 amide bonds. The number of carbonyl (C=O) groups is 1. The molecule has 0 aliphatic carbocycles. The van der Waals surface area contributed by atoms with Crippen molar-refractivity contribution in [1.29, 1.82) is 0 Å². The number of aromatic nitrogens is 1. The summed E-state index contributed by atoms with van der Waals surface area (Å²) in [5, 5.41) is 1.23. The highest BCUT2D eigenvalue weighted by Gasteiger charge is 2.34. The van der Waals surface area contributed by atoms with Gasteiger partial charge in [0.15, 0.2) is 0 Å². The zero-order chi connectivity index (χ0) is 12.4. The fourth-order valence-corrected chi connectivity index (χ4v) is 3.39. The van der Waals surface area contributed by atoms with Gasteiger partial charge in [-0.1, -0.05) is 34.5 Å². The van der Waals surface area contributed by atoms with Crippen LogP contribution in [-0.4, -0.2) is 33.7 Å². The van der Waals surface area contributed by atoms with Crippen molar-refractivity contribution in [3.05, 3.63) is 29.0 Å². The van der Waals surface area contributed by atoms with Crippen molar-refractivity contribution in [2.45, 2.75) is 19.4 Å². The van der Waals surface area contributed by atoms with Gasteiger partial charge in [-0.25, -0.2) is 0 Å². The number of nitrogens with zero attached hydrogens (tertiary/aromatic N) is 2. The molecule has 5 heteroatoms. The van der Waals surface area contributed by atoms with Gasteiger partial charge in [0.05, 0.1) is 10.6 Å². The van der Waals surface area contributed by atoms with Gasteiger partial charge < -0.3 is 4.90 Å². The van der Waals surface area contributed by atoms with E-state index in [4.69, 9.17) is 11.6 Å². The van der Waals surface area contributed by atoms with Crippen LogP contribution < -0.4 is 0 Å². The highest BCUT2D eigenvalue weighted by atomic mass is 79.9. The normalized spacial score (nSPS) is 24.1. The molecule has 0 spiro atoms. The molecule has 1 aliphatic heterocycles. The molecule has 0 N–H and O–H groups in total. The minimum atomic E-state index is 0.00574. The largest absolute Gasteiger partial charge is 0.334 e. The lowest BCUT2D eigenvalue weighted by atomic mass is 10.0. The first kappa shape index (κ1) is 12.8. The second kappa shape index (κ2) is 5.36. The molecule has 17 heavy (non-hydrogen) atoms. The highest BCUT2D eigenvalue weighted by molar-refractivity contribution is 9.09. The van der Waals surface area contributed by atoms with Gasteiger partial charge in [0.1, 0.15) is 0 Å². The Morgan fingerprint density at radius 2 is 2.47 bits per heavy atom. The molecule has 1 aromatic rings. The molecule has 1 saturated heterocycles. The van der Waals surface area contributed by atoms with Crippen molar-refractivity contribution in [2.24, 2.45) is 5.92 Å². The predicted molar refractivity (Wildman–Crippen MR) is 71.6 cm³/mol. The van der Waals surface area contributed by atoms with Crippen LogP contribution in [-0.2, 0) is 0 Å². The van der Waals surface area contributed by atoms with E-state index in [0.29, 0.717) is 16.5 Å². The highest BCUT2D eigenvalue weighted by Crippen LogP contribution is 2.28. The van der Waals surface area contributed by atoms with E-state index in [1.165, 1.54) is 6.20 Å². The summed E-state index contributed by atoms with van der Waals surface area (Å²) in [4.78, 5) is 18.2. The van der Waals surface area contributed by atoms with Crippen molar-refractivity contribution < 1.29 is 4.79 Å². The van der Waals surface area contributed by atoms with E-state index < -0.39 is 0 Å². The lowest BCUT2D eigenvalue weighted by Crippen LogP contribution is -2.38. The van der Waals surface area contributed by atoms with Gasteiger partial charge in [-0.05, 0) is 18.4 Å². The van der Waals surface area contributed by atoms with Crippen molar-refractivity contribution in [1.82, 2.24) is 9.88 Å². The Bertz CT molecular complexity index is 427. The number of rotatable bonds is 2. The molecule has 0 saturated carbocycles. The van der Waals surface area contributed by atoms with Gasteiger partial charge in [-0.2, -0.15) is 0 Å². The van der Waals surface area contributed by atoms with E-state index in [1.807, 2.05) is 4.90 Å². The van der Waals surface area contributed by atoms with Gasteiger partial charge in [0, 0.05) is 30.3 Å². The summed E-state index contributed by atoms with van der Waals surface area (Å²) < 4.78 is 0. The lowest BCUT2D eigenvalue weighted by molar-refractivity contribution is 0.0738.